The van der Waals surface area contributed by atoms with Crippen LogP contribution in [-0.2, 0) is 22.4 Å². The van der Waals surface area contributed by atoms with Crippen molar-refractivity contribution < 1.29 is 18.8 Å². The van der Waals surface area contributed by atoms with Gasteiger partial charge in [0.2, 0.25) is 11.8 Å². The number of anilines is 1. The van der Waals surface area contributed by atoms with Crippen LogP contribution in [0.5, 0.6) is 0 Å². The van der Waals surface area contributed by atoms with Crippen molar-refractivity contribution in [2.45, 2.75) is 12.8 Å². The molecule has 0 saturated heterocycles. The largest absolute Gasteiger partial charge is 0.354 e. The molecule has 0 saturated carbocycles. The maximum Gasteiger partial charge on any atom is 0.257 e. The van der Waals surface area contributed by atoms with E-state index in [1.54, 1.807) is 41.8 Å². The summed E-state index contributed by atoms with van der Waals surface area (Å²) in [5.74, 6) is -1.15. The molecule has 1 aromatic heterocycles. The third kappa shape index (κ3) is 7.31. The third-order valence-electron chi connectivity index (χ3n) is 4.17. The first-order valence-corrected chi connectivity index (χ1v) is 10.5. The zero-order valence-electron chi connectivity index (χ0n) is 16.6. The molecule has 0 unspecified atom stereocenters. The van der Waals surface area contributed by atoms with Crippen LogP contribution < -0.4 is 16.0 Å². The predicted octanol–water partition coefficient (Wildman–Crippen LogP) is 2.55. The molecular weight excluding hydrogens is 419 g/mol. The van der Waals surface area contributed by atoms with E-state index in [0.29, 0.717) is 22.0 Å². The van der Waals surface area contributed by atoms with Crippen LogP contribution in [-0.4, -0.2) is 35.8 Å². The number of nitrogens with zero attached hydrogens (tertiary/aromatic N) is 1. The number of halogens is 1. The topological polar surface area (TPSA) is 100 Å². The Hall–Kier alpha value is -3.59. The minimum Gasteiger partial charge on any atom is -0.354 e. The van der Waals surface area contributed by atoms with Gasteiger partial charge in [-0.15, -0.1) is 11.3 Å². The van der Waals surface area contributed by atoms with E-state index in [-0.39, 0.29) is 49.5 Å². The van der Waals surface area contributed by atoms with Crippen LogP contribution >= 0.6 is 11.3 Å². The van der Waals surface area contributed by atoms with Gasteiger partial charge in [-0.1, -0.05) is 30.3 Å². The van der Waals surface area contributed by atoms with Crippen molar-refractivity contribution in [3.05, 3.63) is 82.6 Å². The van der Waals surface area contributed by atoms with Crippen molar-refractivity contribution in [3.8, 4) is 0 Å². The number of benzene rings is 2. The van der Waals surface area contributed by atoms with E-state index in [9.17, 15) is 18.8 Å². The van der Waals surface area contributed by atoms with Gasteiger partial charge in [-0.3, -0.25) is 19.7 Å². The van der Waals surface area contributed by atoms with E-state index in [4.69, 9.17) is 0 Å². The second-order valence-electron chi connectivity index (χ2n) is 6.65. The number of thiazole rings is 1. The highest BCUT2D eigenvalue weighted by molar-refractivity contribution is 7.14. The molecule has 0 radical (unpaired) electrons. The van der Waals surface area contributed by atoms with E-state index in [1.807, 2.05) is 6.07 Å². The van der Waals surface area contributed by atoms with Crippen LogP contribution in [0.3, 0.4) is 0 Å². The van der Waals surface area contributed by atoms with E-state index in [2.05, 4.69) is 20.9 Å². The van der Waals surface area contributed by atoms with Crippen LogP contribution in [0.2, 0.25) is 0 Å². The van der Waals surface area contributed by atoms with Crippen LogP contribution in [0.25, 0.3) is 0 Å². The minimum absolute atomic E-state index is 0.0644. The van der Waals surface area contributed by atoms with Gasteiger partial charge in [-0.25, -0.2) is 9.37 Å². The second-order valence-corrected chi connectivity index (χ2v) is 7.51. The second kappa shape index (κ2) is 11.0. The normalized spacial score (nSPS) is 10.4. The van der Waals surface area contributed by atoms with E-state index < -0.39 is 0 Å². The van der Waals surface area contributed by atoms with Crippen molar-refractivity contribution in [1.82, 2.24) is 15.6 Å². The Kier molecular flexibility index (Phi) is 7.83. The summed E-state index contributed by atoms with van der Waals surface area (Å²) in [6.07, 6.45) is 0.136. The molecule has 0 aliphatic rings. The Morgan fingerprint density at radius 1 is 0.903 bits per heavy atom. The summed E-state index contributed by atoms with van der Waals surface area (Å²) in [5.41, 5.74) is 1.65. The number of carbonyl (C=O) groups is 3. The Balaban J connectivity index is 1.35. The van der Waals surface area contributed by atoms with Crippen LogP contribution in [0, 0.1) is 5.82 Å². The standard InChI is InChI=1S/C22H21FN4O3S/c23-17-8-4-5-15(11-17)12-19(28)24-9-10-25-20(29)13-18-14-31-22(26-18)27-21(30)16-6-2-1-3-7-16/h1-8,11,14H,9-10,12-13H2,(H,24,28)(H,25,29)(H,26,27,30). The first-order valence-electron chi connectivity index (χ1n) is 9.58. The highest BCUT2D eigenvalue weighted by atomic mass is 32.1. The summed E-state index contributed by atoms with van der Waals surface area (Å²) < 4.78 is 13.1. The molecule has 9 heteroatoms. The Labute approximate surface area is 182 Å². The van der Waals surface area contributed by atoms with Gasteiger partial charge in [-0.2, -0.15) is 0 Å². The molecule has 3 aromatic rings. The van der Waals surface area contributed by atoms with Crippen molar-refractivity contribution in [3.63, 3.8) is 0 Å². The molecule has 0 spiro atoms. The van der Waals surface area contributed by atoms with Crippen molar-refractivity contribution in [2.24, 2.45) is 0 Å². The maximum absolute atomic E-state index is 13.1. The molecule has 0 fully saturated rings. The summed E-state index contributed by atoms with van der Waals surface area (Å²) in [5, 5.41) is 10.2. The van der Waals surface area contributed by atoms with Gasteiger partial charge in [0, 0.05) is 24.0 Å². The fraction of sp³-hybridized carbons (Fsp3) is 0.182. The minimum atomic E-state index is -0.387. The molecule has 3 amide bonds. The fourth-order valence-electron chi connectivity index (χ4n) is 2.73. The number of nitrogens with one attached hydrogen (secondary N) is 3. The molecule has 2 aromatic carbocycles. The maximum atomic E-state index is 13.1. The summed E-state index contributed by atoms with van der Waals surface area (Å²) >= 11 is 1.24. The molecule has 160 valence electrons. The lowest BCUT2D eigenvalue weighted by Crippen LogP contribution is -2.36. The van der Waals surface area contributed by atoms with Crippen LogP contribution in [0.4, 0.5) is 9.52 Å². The third-order valence-corrected chi connectivity index (χ3v) is 4.98. The lowest BCUT2D eigenvalue weighted by Gasteiger charge is -2.07. The van der Waals surface area contributed by atoms with Gasteiger partial charge in [0.05, 0.1) is 18.5 Å². The zero-order valence-corrected chi connectivity index (χ0v) is 17.4. The van der Waals surface area contributed by atoms with Gasteiger partial charge in [0.25, 0.3) is 5.91 Å². The lowest BCUT2D eigenvalue weighted by atomic mass is 10.1. The first kappa shape index (κ1) is 22.1. The van der Waals surface area contributed by atoms with Crippen molar-refractivity contribution >= 4 is 34.2 Å². The molecule has 31 heavy (non-hydrogen) atoms. The molecule has 3 N–H and O–H groups in total. The van der Waals surface area contributed by atoms with Crippen LogP contribution in [0.15, 0.2) is 60.0 Å². The van der Waals surface area contributed by atoms with E-state index in [0.717, 1.165) is 0 Å². The van der Waals surface area contributed by atoms with E-state index in [1.165, 1.54) is 23.5 Å². The molecule has 1 heterocycles. The zero-order chi connectivity index (χ0) is 22.1. The first-order chi connectivity index (χ1) is 15.0. The lowest BCUT2D eigenvalue weighted by molar-refractivity contribution is -0.122. The van der Waals surface area contributed by atoms with Gasteiger partial charge >= 0.3 is 0 Å². The molecule has 0 aliphatic heterocycles. The number of carbonyl (C=O) groups excluding carboxylic acids is 3. The quantitative estimate of drug-likeness (QED) is 0.445. The average Bonchev–Trinajstić information content (AvgIpc) is 3.18. The Morgan fingerprint density at radius 3 is 2.32 bits per heavy atom. The summed E-state index contributed by atoms with van der Waals surface area (Å²) in [6.45, 7) is 0.519. The molecule has 7 nitrogen and oxygen atoms in total. The van der Waals surface area contributed by atoms with Gasteiger partial charge in [0.1, 0.15) is 5.82 Å². The summed E-state index contributed by atoms with van der Waals surface area (Å²) in [7, 11) is 0. The SMILES string of the molecule is O=C(Cc1cccc(F)c1)NCCNC(=O)Cc1csc(NC(=O)c2ccccc2)n1. The highest BCUT2D eigenvalue weighted by Crippen LogP contribution is 2.17. The van der Waals surface area contributed by atoms with E-state index >= 15 is 0 Å². The molecular formula is C22H21FN4O3S. The molecule has 0 bridgehead atoms. The Morgan fingerprint density at radius 2 is 1.61 bits per heavy atom. The summed E-state index contributed by atoms with van der Waals surface area (Å²) in [4.78, 5) is 40.3. The number of amides is 3. The average molecular weight is 441 g/mol. The highest BCUT2D eigenvalue weighted by Gasteiger charge is 2.11. The molecule has 0 aliphatic carbocycles. The van der Waals surface area contributed by atoms with Gasteiger partial charge in [-0.05, 0) is 29.8 Å². The number of hydrogen-bond acceptors (Lipinski definition) is 5. The monoisotopic (exact) mass is 440 g/mol. The van der Waals surface area contributed by atoms with Gasteiger partial charge < -0.3 is 10.6 Å². The Bertz CT molecular complexity index is 1060. The smallest absolute Gasteiger partial charge is 0.257 e. The van der Waals surface area contributed by atoms with Crippen molar-refractivity contribution in [2.75, 3.05) is 18.4 Å². The predicted molar refractivity (Wildman–Crippen MR) is 116 cm³/mol. The fourth-order valence-corrected chi connectivity index (χ4v) is 3.44. The van der Waals surface area contributed by atoms with Gasteiger partial charge in [0.15, 0.2) is 5.13 Å². The molecule has 0 atom stereocenters. The number of aromatic nitrogens is 1. The molecule has 3 rings (SSSR count). The van der Waals surface area contributed by atoms with Crippen LogP contribution in [0.1, 0.15) is 21.6 Å². The number of hydrogen-bond donors (Lipinski definition) is 3. The summed E-state index contributed by atoms with van der Waals surface area (Å²) in [6, 6.07) is 14.6. The van der Waals surface area contributed by atoms with Crippen molar-refractivity contribution in [1.29, 1.82) is 0 Å². The number of rotatable bonds is 9.